The molecule has 198 valence electrons. The first-order chi connectivity index (χ1) is 19.0. The van der Waals surface area contributed by atoms with Crippen LogP contribution in [-0.2, 0) is 11.2 Å². The highest BCUT2D eigenvalue weighted by molar-refractivity contribution is 5.86. The zero-order valence-electron chi connectivity index (χ0n) is 20.9. The molecule has 2 heterocycles. The molecule has 3 aromatic carbocycles. The van der Waals surface area contributed by atoms with Gasteiger partial charge in [-0.1, -0.05) is 48.5 Å². The van der Waals surface area contributed by atoms with Crippen LogP contribution in [0.15, 0.2) is 77.9 Å². The van der Waals surface area contributed by atoms with Crippen LogP contribution in [-0.4, -0.2) is 57.5 Å². The Hall–Kier alpha value is -5.10. The molecule has 39 heavy (non-hydrogen) atoms. The molecule has 0 atom stereocenters. The van der Waals surface area contributed by atoms with Gasteiger partial charge in [-0.05, 0) is 35.7 Å². The number of aromatic hydroxyl groups is 1. The third-order valence-corrected chi connectivity index (χ3v) is 5.94. The summed E-state index contributed by atoms with van der Waals surface area (Å²) in [6.45, 7) is 2.38. The minimum absolute atomic E-state index is 0.163. The fourth-order valence-corrected chi connectivity index (χ4v) is 4.06. The molecule has 0 amide bonds. The van der Waals surface area contributed by atoms with Crippen LogP contribution in [0.25, 0.3) is 0 Å². The summed E-state index contributed by atoms with van der Waals surface area (Å²) in [5.41, 5.74) is 5.02. The largest absolute Gasteiger partial charge is 0.502 e. The fourth-order valence-electron chi connectivity index (χ4n) is 4.06. The second-order valence-corrected chi connectivity index (χ2v) is 8.72. The third kappa shape index (κ3) is 6.62. The number of phenols is 1. The number of hydrazone groups is 1. The number of hydrogen-bond donors (Lipinski definition) is 3. The first-order valence-corrected chi connectivity index (χ1v) is 12.3. The van der Waals surface area contributed by atoms with Gasteiger partial charge in [-0.2, -0.15) is 20.1 Å². The van der Waals surface area contributed by atoms with E-state index in [1.807, 2.05) is 65.6 Å². The maximum absolute atomic E-state index is 11.6. The van der Waals surface area contributed by atoms with Crippen LogP contribution in [0.4, 0.5) is 29.2 Å². The van der Waals surface area contributed by atoms with Crippen LogP contribution in [0, 0.1) is 10.1 Å². The number of ether oxygens (including phenoxy) is 1. The van der Waals surface area contributed by atoms with Gasteiger partial charge in [0.25, 0.3) is 0 Å². The Morgan fingerprint density at radius 3 is 2.38 bits per heavy atom. The first-order valence-electron chi connectivity index (χ1n) is 12.3. The van der Waals surface area contributed by atoms with Crippen molar-refractivity contribution in [3.63, 3.8) is 0 Å². The van der Waals surface area contributed by atoms with Gasteiger partial charge in [0, 0.05) is 30.4 Å². The van der Waals surface area contributed by atoms with Crippen LogP contribution in [0.5, 0.6) is 5.75 Å². The summed E-state index contributed by atoms with van der Waals surface area (Å²) in [6, 6.07) is 22.1. The number of phenolic OH excluding ortho intramolecular Hbond substituents is 1. The summed E-state index contributed by atoms with van der Waals surface area (Å²) in [7, 11) is 0. The summed E-state index contributed by atoms with van der Waals surface area (Å²) in [5.74, 6) is 0.459. The molecule has 0 radical (unpaired) electrons. The van der Waals surface area contributed by atoms with Crippen LogP contribution in [0.1, 0.15) is 16.7 Å². The highest BCUT2D eigenvalue weighted by atomic mass is 16.6. The van der Waals surface area contributed by atoms with Crippen molar-refractivity contribution >= 4 is 35.4 Å². The Morgan fingerprint density at radius 1 is 0.974 bits per heavy atom. The van der Waals surface area contributed by atoms with Crippen molar-refractivity contribution in [1.82, 2.24) is 15.0 Å². The number of para-hydroxylation sites is 1. The normalized spacial score (nSPS) is 13.4. The molecule has 1 aliphatic rings. The number of nitro groups is 1. The molecule has 4 aromatic rings. The van der Waals surface area contributed by atoms with Gasteiger partial charge in [0.15, 0.2) is 0 Å². The Balaban J connectivity index is 1.41. The minimum atomic E-state index is -0.614. The highest BCUT2D eigenvalue weighted by Gasteiger charge is 2.19. The van der Waals surface area contributed by atoms with Gasteiger partial charge in [-0.15, -0.1) is 0 Å². The van der Waals surface area contributed by atoms with Crippen LogP contribution in [0.3, 0.4) is 0 Å². The van der Waals surface area contributed by atoms with Gasteiger partial charge < -0.3 is 20.1 Å². The SMILES string of the molecule is O=[N+]([O-])c1cc(Cc2ccccc2)cc(/C=N/Nc2nc(Nc3ccccc3)nc(N3CCOCC3)n2)c1O. The Labute approximate surface area is 224 Å². The van der Waals surface area contributed by atoms with E-state index in [1.54, 1.807) is 6.07 Å². The lowest BCUT2D eigenvalue weighted by atomic mass is 10.0. The molecular weight excluding hydrogens is 500 g/mol. The number of nitrogens with one attached hydrogen (secondary N) is 2. The van der Waals surface area contributed by atoms with Crippen LogP contribution in [0.2, 0.25) is 0 Å². The molecule has 1 fully saturated rings. The molecular formula is C27H26N8O4. The number of nitrogens with zero attached hydrogens (tertiary/aromatic N) is 6. The summed E-state index contributed by atoms with van der Waals surface area (Å²) in [6.07, 6.45) is 1.76. The summed E-state index contributed by atoms with van der Waals surface area (Å²) >= 11 is 0. The van der Waals surface area contributed by atoms with E-state index in [9.17, 15) is 15.2 Å². The van der Waals surface area contributed by atoms with Crippen molar-refractivity contribution in [2.75, 3.05) is 41.9 Å². The zero-order valence-corrected chi connectivity index (χ0v) is 20.9. The summed E-state index contributed by atoms with van der Waals surface area (Å²) < 4.78 is 5.44. The maximum Gasteiger partial charge on any atom is 0.311 e. The lowest BCUT2D eigenvalue weighted by Gasteiger charge is -2.27. The van der Waals surface area contributed by atoms with Crippen molar-refractivity contribution in [3.05, 3.63) is 99.6 Å². The van der Waals surface area contributed by atoms with E-state index < -0.39 is 16.4 Å². The molecule has 0 saturated carbocycles. The van der Waals surface area contributed by atoms with Gasteiger partial charge in [0.2, 0.25) is 23.6 Å². The number of nitro benzene ring substituents is 1. The predicted molar refractivity (Wildman–Crippen MR) is 148 cm³/mol. The second-order valence-electron chi connectivity index (χ2n) is 8.72. The van der Waals surface area contributed by atoms with Gasteiger partial charge in [-0.25, -0.2) is 5.43 Å². The maximum atomic E-state index is 11.6. The number of morpholine rings is 1. The predicted octanol–water partition coefficient (Wildman–Crippen LogP) is 4.10. The number of anilines is 4. The van der Waals surface area contributed by atoms with Crippen molar-refractivity contribution < 1.29 is 14.8 Å². The van der Waals surface area contributed by atoms with E-state index in [-0.39, 0.29) is 11.5 Å². The van der Waals surface area contributed by atoms with Crippen molar-refractivity contribution in [1.29, 1.82) is 0 Å². The van der Waals surface area contributed by atoms with Gasteiger partial charge >= 0.3 is 5.69 Å². The number of benzene rings is 3. The average Bonchev–Trinajstić information content (AvgIpc) is 2.96. The summed E-state index contributed by atoms with van der Waals surface area (Å²) in [5, 5.41) is 29.5. The molecule has 0 bridgehead atoms. The van der Waals surface area contributed by atoms with E-state index in [0.29, 0.717) is 50.2 Å². The van der Waals surface area contributed by atoms with Crippen molar-refractivity contribution in [3.8, 4) is 5.75 Å². The molecule has 0 aliphatic carbocycles. The third-order valence-electron chi connectivity index (χ3n) is 5.94. The van der Waals surface area contributed by atoms with E-state index in [1.165, 1.54) is 12.3 Å². The Morgan fingerprint density at radius 2 is 1.67 bits per heavy atom. The molecule has 12 heteroatoms. The van der Waals surface area contributed by atoms with Crippen molar-refractivity contribution in [2.45, 2.75) is 6.42 Å². The Kier molecular flexibility index (Phi) is 7.84. The zero-order chi connectivity index (χ0) is 27.0. The molecule has 0 unspecified atom stereocenters. The second kappa shape index (κ2) is 12.0. The minimum Gasteiger partial charge on any atom is -0.502 e. The smallest absolute Gasteiger partial charge is 0.311 e. The Bertz CT molecular complexity index is 1460. The van der Waals surface area contributed by atoms with E-state index in [2.05, 4.69) is 30.8 Å². The van der Waals surface area contributed by atoms with E-state index in [4.69, 9.17) is 4.74 Å². The number of rotatable bonds is 9. The molecule has 3 N–H and O–H groups in total. The van der Waals surface area contributed by atoms with Gasteiger partial charge in [-0.3, -0.25) is 10.1 Å². The van der Waals surface area contributed by atoms with E-state index >= 15 is 0 Å². The van der Waals surface area contributed by atoms with Gasteiger partial charge in [0.1, 0.15) is 0 Å². The van der Waals surface area contributed by atoms with Crippen LogP contribution >= 0.6 is 0 Å². The standard InChI is InChI=1S/C27H26N8O4/c36-24-21(16-20(17-23(24)35(37)38)15-19-7-3-1-4-8-19)18-28-33-26-30-25(29-22-9-5-2-6-10-22)31-27(32-26)34-11-13-39-14-12-34/h1-10,16-18,36H,11-15H2,(H2,29,30,31,32,33)/b28-18+. The molecule has 0 spiro atoms. The highest BCUT2D eigenvalue weighted by Crippen LogP contribution is 2.31. The lowest BCUT2D eigenvalue weighted by Crippen LogP contribution is -2.37. The monoisotopic (exact) mass is 526 g/mol. The lowest BCUT2D eigenvalue weighted by molar-refractivity contribution is -0.385. The summed E-state index contributed by atoms with van der Waals surface area (Å²) in [4.78, 5) is 26.4. The van der Waals surface area contributed by atoms with E-state index in [0.717, 1.165) is 11.3 Å². The van der Waals surface area contributed by atoms with Crippen molar-refractivity contribution in [2.24, 2.45) is 5.10 Å². The molecule has 12 nitrogen and oxygen atoms in total. The quantitative estimate of drug-likeness (QED) is 0.165. The van der Waals surface area contributed by atoms with Crippen LogP contribution < -0.4 is 15.6 Å². The number of hydrogen-bond acceptors (Lipinski definition) is 11. The first kappa shape index (κ1) is 25.5. The number of aromatic nitrogens is 3. The molecule has 5 rings (SSSR count). The molecule has 1 aromatic heterocycles. The van der Waals surface area contributed by atoms with Gasteiger partial charge in [0.05, 0.1) is 24.4 Å². The molecule has 1 saturated heterocycles. The molecule has 1 aliphatic heterocycles. The fraction of sp³-hybridized carbons (Fsp3) is 0.185. The topological polar surface area (TPSA) is 151 Å². The average molecular weight is 527 g/mol.